The first-order valence-electron chi connectivity index (χ1n) is 6.93. The summed E-state index contributed by atoms with van der Waals surface area (Å²) in [5.41, 5.74) is 0. The number of ether oxygens (including phenoxy) is 3. The highest BCUT2D eigenvalue weighted by Crippen LogP contribution is 2.35. The molecule has 2 fully saturated rings. The zero-order chi connectivity index (χ0) is 13.2. The molecule has 2 bridgehead atoms. The molecule has 1 N–H and O–H groups in total. The average Bonchev–Trinajstić information content (AvgIpc) is 2.78. The zero-order valence-electron chi connectivity index (χ0n) is 11.5. The van der Waals surface area contributed by atoms with Gasteiger partial charge in [-0.3, -0.25) is 0 Å². The zero-order valence-corrected chi connectivity index (χ0v) is 11.5. The van der Waals surface area contributed by atoms with Crippen molar-refractivity contribution in [3.63, 3.8) is 0 Å². The van der Waals surface area contributed by atoms with Gasteiger partial charge in [-0.2, -0.15) is 0 Å². The standard InChI is InChI=1S/C15H21NO3/c1-17-12-5-6-14(15(9-12)18-2)19-13-7-10-3-4-11(8-13)16-10/h5-6,9-11,13,16H,3-4,7-8H2,1-2H3. The number of hydrogen-bond acceptors (Lipinski definition) is 4. The van der Waals surface area contributed by atoms with Gasteiger partial charge in [-0.05, 0) is 37.8 Å². The second-order valence-electron chi connectivity index (χ2n) is 5.37. The number of methoxy groups -OCH3 is 2. The van der Waals surface area contributed by atoms with Gasteiger partial charge < -0.3 is 19.5 Å². The van der Waals surface area contributed by atoms with Crippen LogP contribution in [0.5, 0.6) is 17.2 Å². The topological polar surface area (TPSA) is 39.7 Å². The molecule has 2 aliphatic rings. The summed E-state index contributed by atoms with van der Waals surface area (Å²) in [6.45, 7) is 0. The van der Waals surface area contributed by atoms with Crippen LogP contribution in [0.3, 0.4) is 0 Å². The Bertz CT molecular complexity index is 437. The van der Waals surface area contributed by atoms with Gasteiger partial charge in [0.25, 0.3) is 0 Å². The average molecular weight is 263 g/mol. The van der Waals surface area contributed by atoms with Crippen molar-refractivity contribution in [2.75, 3.05) is 14.2 Å². The van der Waals surface area contributed by atoms with Gasteiger partial charge >= 0.3 is 0 Å². The maximum Gasteiger partial charge on any atom is 0.164 e. The molecule has 104 valence electrons. The molecule has 0 aliphatic carbocycles. The summed E-state index contributed by atoms with van der Waals surface area (Å²) in [6.07, 6.45) is 5.03. The van der Waals surface area contributed by atoms with E-state index in [-0.39, 0.29) is 0 Å². The lowest BCUT2D eigenvalue weighted by atomic mass is 10.0. The first kappa shape index (κ1) is 12.6. The molecule has 0 spiro atoms. The predicted octanol–water partition coefficient (Wildman–Crippen LogP) is 2.37. The van der Waals surface area contributed by atoms with Crippen LogP contribution < -0.4 is 19.5 Å². The van der Waals surface area contributed by atoms with E-state index in [1.807, 2.05) is 18.2 Å². The Morgan fingerprint density at radius 2 is 1.74 bits per heavy atom. The normalized spacial score (nSPS) is 29.1. The molecule has 19 heavy (non-hydrogen) atoms. The van der Waals surface area contributed by atoms with Crippen LogP contribution in [-0.2, 0) is 0 Å². The predicted molar refractivity (Wildman–Crippen MR) is 73.1 cm³/mol. The van der Waals surface area contributed by atoms with E-state index in [0.29, 0.717) is 18.2 Å². The van der Waals surface area contributed by atoms with E-state index in [9.17, 15) is 0 Å². The highest BCUT2D eigenvalue weighted by atomic mass is 16.5. The molecule has 1 aromatic rings. The lowest BCUT2D eigenvalue weighted by molar-refractivity contribution is 0.133. The quantitative estimate of drug-likeness (QED) is 0.905. The molecule has 0 aromatic heterocycles. The van der Waals surface area contributed by atoms with Gasteiger partial charge in [0, 0.05) is 18.2 Å². The van der Waals surface area contributed by atoms with Crippen molar-refractivity contribution in [2.45, 2.75) is 43.9 Å². The Morgan fingerprint density at radius 1 is 1.00 bits per heavy atom. The second-order valence-corrected chi connectivity index (χ2v) is 5.37. The highest BCUT2D eigenvalue weighted by molar-refractivity contribution is 5.45. The van der Waals surface area contributed by atoms with Gasteiger partial charge in [0.2, 0.25) is 0 Å². The van der Waals surface area contributed by atoms with E-state index >= 15 is 0 Å². The number of fused-ring (bicyclic) bond motifs is 2. The summed E-state index contributed by atoms with van der Waals surface area (Å²) in [7, 11) is 3.31. The Balaban J connectivity index is 1.72. The summed E-state index contributed by atoms with van der Waals surface area (Å²) in [5.74, 6) is 2.34. The molecular formula is C15H21NO3. The van der Waals surface area contributed by atoms with E-state index in [2.05, 4.69) is 5.32 Å². The van der Waals surface area contributed by atoms with Crippen molar-refractivity contribution in [2.24, 2.45) is 0 Å². The van der Waals surface area contributed by atoms with Gasteiger partial charge in [-0.1, -0.05) is 0 Å². The fourth-order valence-corrected chi connectivity index (χ4v) is 3.15. The van der Waals surface area contributed by atoms with Crippen LogP contribution in [0, 0.1) is 0 Å². The molecule has 0 radical (unpaired) electrons. The molecular weight excluding hydrogens is 242 g/mol. The fraction of sp³-hybridized carbons (Fsp3) is 0.600. The summed E-state index contributed by atoms with van der Waals surface area (Å²) >= 11 is 0. The lowest BCUT2D eigenvalue weighted by Gasteiger charge is -2.30. The van der Waals surface area contributed by atoms with Crippen molar-refractivity contribution in [1.29, 1.82) is 0 Å². The van der Waals surface area contributed by atoms with E-state index < -0.39 is 0 Å². The van der Waals surface area contributed by atoms with E-state index in [1.54, 1.807) is 14.2 Å². The van der Waals surface area contributed by atoms with Crippen LogP contribution in [0.1, 0.15) is 25.7 Å². The molecule has 4 nitrogen and oxygen atoms in total. The number of piperidine rings is 1. The third kappa shape index (κ3) is 2.63. The van der Waals surface area contributed by atoms with Crippen molar-refractivity contribution in [3.8, 4) is 17.2 Å². The molecule has 2 atom stereocenters. The molecule has 4 heteroatoms. The fourth-order valence-electron chi connectivity index (χ4n) is 3.15. The van der Waals surface area contributed by atoms with Crippen LogP contribution in [-0.4, -0.2) is 32.4 Å². The van der Waals surface area contributed by atoms with E-state index in [0.717, 1.165) is 30.1 Å². The molecule has 1 aromatic carbocycles. The monoisotopic (exact) mass is 263 g/mol. The van der Waals surface area contributed by atoms with Crippen molar-refractivity contribution in [3.05, 3.63) is 18.2 Å². The third-order valence-electron chi connectivity index (χ3n) is 4.09. The highest BCUT2D eigenvalue weighted by Gasteiger charge is 2.34. The Labute approximate surface area is 114 Å². The minimum Gasteiger partial charge on any atom is -0.497 e. The van der Waals surface area contributed by atoms with Gasteiger partial charge in [0.05, 0.1) is 14.2 Å². The molecule has 3 rings (SSSR count). The summed E-state index contributed by atoms with van der Waals surface area (Å²) in [4.78, 5) is 0. The van der Waals surface area contributed by atoms with Gasteiger partial charge in [-0.15, -0.1) is 0 Å². The molecule has 2 heterocycles. The maximum atomic E-state index is 6.14. The largest absolute Gasteiger partial charge is 0.497 e. The number of hydrogen-bond donors (Lipinski definition) is 1. The summed E-state index contributed by atoms with van der Waals surface area (Å²) in [5, 5.41) is 3.62. The van der Waals surface area contributed by atoms with Crippen LogP contribution in [0.4, 0.5) is 0 Å². The van der Waals surface area contributed by atoms with Crippen LogP contribution in [0.2, 0.25) is 0 Å². The molecule has 0 saturated carbocycles. The van der Waals surface area contributed by atoms with Gasteiger partial charge in [0.15, 0.2) is 11.5 Å². The molecule has 2 aliphatic heterocycles. The summed E-state index contributed by atoms with van der Waals surface area (Å²) in [6, 6.07) is 6.97. The third-order valence-corrected chi connectivity index (χ3v) is 4.09. The van der Waals surface area contributed by atoms with Crippen molar-refractivity contribution < 1.29 is 14.2 Å². The van der Waals surface area contributed by atoms with E-state index in [4.69, 9.17) is 14.2 Å². The molecule has 2 unspecified atom stereocenters. The van der Waals surface area contributed by atoms with Crippen LogP contribution in [0.15, 0.2) is 18.2 Å². The maximum absolute atomic E-state index is 6.14. The molecule has 2 saturated heterocycles. The SMILES string of the molecule is COc1ccc(OC2CC3CCC(C2)N3)c(OC)c1. The van der Waals surface area contributed by atoms with Crippen molar-refractivity contribution >= 4 is 0 Å². The number of nitrogens with one attached hydrogen (secondary N) is 1. The minimum absolute atomic E-state index is 0.293. The van der Waals surface area contributed by atoms with Crippen molar-refractivity contribution in [1.82, 2.24) is 5.32 Å². The van der Waals surface area contributed by atoms with Gasteiger partial charge in [0.1, 0.15) is 11.9 Å². The first-order chi connectivity index (χ1) is 9.28. The Hall–Kier alpha value is -1.42. The first-order valence-corrected chi connectivity index (χ1v) is 6.93. The van der Waals surface area contributed by atoms with Crippen LogP contribution in [0.25, 0.3) is 0 Å². The van der Waals surface area contributed by atoms with E-state index in [1.165, 1.54) is 12.8 Å². The van der Waals surface area contributed by atoms with Crippen LogP contribution >= 0.6 is 0 Å². The lowest BCUT2D eigenvalue weighted by Crippen LogP contribution is -2.42. The summed E-state index contributed by atoms with van der Waals surface area (Å²) < 4.78 is 16.7. The Kier molecular flexibility index (Phi) is 3.51. The number of benzene rings is 1. The second kappa shape index (κ2) is 5.29. The Morgan fingerprint density at radius 3 is 2.37 bits per heavy atom. The molecule has 0 amide bonds. The number of rotatable bonds is 4. The smallest absolute Gasteiger partial charge is 0.164 e. The van der Waals surface area contributed by atoms with Gasteiger partial charge in [-0.25, -0.2) is 0 Å². The minimum atomic E-state index is 0.293.